The van der Waals surface area contributed by atoms with Crippen LogP contribution in [0.15, 0.2) is 42.6 Å². The normalized spacial score (nSPS) is 19.4. The fourth-order valence-corrected chi connectivity index (χ4v) is 5.35. The number of hydrogen-bond acceptors (Lipinski definition) is 3. The third kappa shape index (κ3) is 3.79. The number of aromatic amines is 1. The van der Waals surface area contributed by atoms with E-state index in [9.17, 15) is 9.90 Å². The topological polar surface area (TPSA) is 81.2 Å². The van der Waals surface area contributed by atoms with E-state index in [2.05, 4.69) is 15.5 Å². The van der Waals surface area contributed by atoms with Crippen molar-refractivity contribution >= 4 is 34.2 Å². The first-order valence-electron chi connectivity index (χ1n) is 10.9. The number of benzene rings is 2. The Bertz CT molecular complexity index is 1100. The number of piperidine rings is 1. The number of likely N-dealkylation sites (tertiary alicyclic amines) is 1. The van der Waals surface area contributed by atoms with Crippen molar-refractivity contribution in [3.63, 3.8) is 0 Å². The number of aliphatic hydroxyl groups excluding tert-OH is 1. The van der Waals surface area contributed by atoms with Crippen LogP contribution >= 0.6 is 11.6 Å². The molecule has 2 amide bonds. The van der Waals surface area contributed by atoms with Crippen molar-refractivity contribution in [2.45, 2.75) is 38.7 Å². The Morgan fingerprint density at radius 2 is 1.97 bits per heavy atom. The van der Waals surface area contributed by atoms with E-state index < -0.39 is 6.10 Å². The summed E-state index contributed by atoms with van der Waals surface area (Å²) in [5, 5.41) is 23.1. The number of hydrogen-bond donors (Lipinski definition) is 3. The highest BCUT2D eigenvalue weighted by Crippen LogP contribution is 2.63. The molecule has 1 aliphatic carbocycles. The first kappa shape index (κ1) is 20.3. The van der Waals surface area contributed by atoms with Gasteiger partial charge >= 0.3 is 6.03 Å². The number of aliphatic hydroxyl groups is 1. The van der Waals surface area contributed by atoms with Gasteiger partial charge in [-0.2, -0.15) is 5.10 Å². The van der Waals surface area contributed by atoms with Crippen LogP contribution in [-0.4, -0.2) is 39.3 Å². The average Bonchev–Trinajstić information content (AvgIpc) is 3.45. The molecule has 2 fully saturated rings. The summed E-state index contributed by atoms with van der Waals surface area (Å²) >= 11 is 6.31. The summed E-state index contributed by atoms with van der Waals surface area (Å²) in [6.07, 6.45) is 4.93. The molecule has 3 aromatic rings. The van der Waals surface area contributed by atoms with Crippen LogP contribution in [0.25, 0.3) is 10.9 Å². The lowest BCUT2D eigenvalue weighted by Gasteiger charge is -2.38. The predicted octanol–water partition coefficient (Wildman–Crippen LogP) is 5.28. The predicted molar refractivity (Wildman–Crippen MR) is 122 cm³/mol. The van der Waals surface area contributed by atoms with E-state index in [-0.39, 0.29) is 11.4 Å². The zero-order chi connectivity index (χ0) is 21.6. The van der Waals surface area contributed by atoms with Gasteiger partial charge in [-0.15, -0.1) is 0 Å². The molecule has 2 heterocycles. The highest BCUT2D eigenvalue weighted by molar-refractivity contribution is 6.31. The van der Waals surface area contributed by atoms with Crippen LogP contribution in [0, 0.1) is 18.3 Å². The number of anilines is 1. The number of nitrogens with one attached hydrogen (secondary N) is 2. The summed E-state index contributed by atoms with van der Waals surface area (Å²) in [4.78, 5) is 14.6. The first-order chi connectivity index (χ1) is 15.0. The molecule has 162 valence electrons. The van der Waals surface area contributed by atoms with Gasteiger partial charge in [-0.3, -0.25) is 5.10 Å². The monoisotopic (exact) mass is 438 g/mol. The Morgan fingerprint density at radius 1 is 1.26 bits per heavy atom. The van der Waals surface area contributed by atoms with E-state index in [0.29, 0.717) is 24.0 Å². The van der Waals surface area contributed by atoms with Gasteiger partial charge in [-0.05, 0) is 62.8 Å². The summed E-state index contributed by atoms with van der Waals surface area (Å²) in [5.74, 6) is 0.378. The van der Waals surface area contributed by atoms with E-state index in [1.165, 1.54) is 5.56 Å². The van der Waals surface area contributed by atoms with Gasteiger partial charge in [-0.1, -0.05) is 29.3 Å². The second-order valence-corrected chi connectivity index (χ2v) is 9.46. The van der Waals surface area contributed by atoms with Crippen molar-refractivity contribution in [3.8, 4) is 0 Å². The lowest BCUT2D eigenvalue weighted by atomic mass is 9.76. The van der Waals surface area contributed by atoms with Gasteiger partial charge in [-0.25, -0.2) is 4.79 Å². The molecule has 3 N–H and O–H groups in total. The van der Waals surface area contributed by atoms with Gasteiger partial charge in [0.15, 0.2) is 0 Å². The number of fused-ring (bicyclic) bond motifs is 1. The summed E-state index contributed by atoms with van der Waals surface area (Å²) < 4.78 is 0. The number of urea groups is 1. The molecule has 7 heteroatoms. The Kier molecular flexibility index (Phi) is 5.15. The molecule has 6 nitrogen and oxygen atoms in total. The van der Waals surface area contributed by atoms with Crippen molar-refractivity contribution < 1.29 is 9.90 Å². The molecule has 1 saturated carbocycles. The van der Waals surface area contributed by atoms with Crippen molar-refractivity contribution in [1.29, 1.82) is 0 Å². The number of aromatic nitrogens is 2. The van der Waals surface area contributed by atoms with E-state index in [1.807, 2.05) is 48.2 Å². The van der Waals surface area contributed by atoms with Crippen LogP contribution in [0.1, 0.15) is 42.9 Å². The third-order valence-corrected chi connectivity index (χ3v) is 7.33. The maximum Gasteiger partial charge on any atom is 0.321 e. The molecule has 1 aromatic heterocycles. The Balaban J connectivity index is 1.26. The molecule has 1 saturated heterocycles. The molecule has 0 radical (unpaired) electrons. The minimum absolute atomic E-state index is 0.0540. The Hall–Kier alpha value is -2.57. The quantitative estimate of drug-likeness (QED) is 0.518. The molecular formula is C24H27ClN4O2. The van der Waals surface area contributed by atoms with Crippen LogP contribution in [0.2, 0.25) is 5.02 Å². The molecular weight excluding hydrogens is 412 g/mol. The van der Waals surface area contributed by atoms with E-state index >= 15 is 0 Å². The number of rotatable bonds is 4. The number of carbonyl (C=O) groups is 1. The molecule has 2 aliphatic rings. The fourth-order valence-electron chi connectivity index (χ4n) is 5.12. The molecule has 1 atom stereocenters. The lowest BCUT2D eigenvalue weighted by Crippen LogP contribution is -2.43. The van der Waals surface area contributed by atoms with Crippen molar-refractivity contribution in [2.75, 3.05) is 18.4 Å². The highest BCUT2D eigenvalue weighted by Gasteiger charge is 2.55. The summed E-state index contributed by atoms with van der Waals surface area (Å²) in [6.45, 7) is 3.43. The van der Waals surface area contributed by atoms with Gasteiger partial charge in [0, 0.05) is 40.2 Å². The van der Waals surface area contributed by atoms with Gasteiger partial charge in [0.1, 0.15) is 0 Å². The van der Waals surface area contributed by atoms with E-state index in [4.69, 9.17) is 11.6 Å². The molecule has 0 bridgehead atoms. The number of carbonyl (C=O) groups excluding carboxylic acids is 1. The molecule has 5 rings (SSSR count). The lowest BCUT2D eigenvalue weighted by molar-refractivity contribution is 0.0315. The largest absolute Gasteiger partial charge is 0.388 e. The zero-order valence-electron chi connectivity index (χ0n) is 17.6. The summed E-state index contributed by atoms with van der Waals surface area (Å²) in [7, 11) is 0. The van der Waals surface area contributed by atoms with Crippen LogP contribution in [0.5, 0.6) is 0 Å². The van der Waals surface area contributed by atoms with Crippen LogP contribution in [0.4, 0.5) is 10.5 Å². The van der Waals surface area contributed by atoms with Gasteiger partial charge in [0.2, 0.25) is 0 Å². The fraction of sp³-hybridized carbons (Fsp3) is 0.417. The molecule has 0 spiro atoms. The van der Waals surface area contributed by atoms with Gasteiger partial charge in [0.05, 0.1) is 17.8 Å². The maximum absolute atomic E-state index is 12.7. The van der Waals surface area contributed by atoms with Crippen molar-refractivity contribution in [3.05, 3.63) is 58.7 Å². The Labute approximate surface area is 186 Å². The third-order valence-electron chi connectivity index (χ3n) is 7.11. The van der Waals surface area contributed by atoms with Crippen LogP contribution < -0.4 is 5.32 Å². The van der Waals surface area contributed by atoms with Gasteiger partial charge in [0.25, 0.3) is 0 Å². The van der Waals surface area contributed by atoms with Crippen molar-refractivity contribution in [2.24, 2.45) is 11.3 Å². The summed E-state index contributed by atoms with van der Waals surface area (Å²) in [5.41, 5.74) is 3.54. The minimum Gasteiger partial charge on any atom is -0.388 e. The molecule has 1 unspecified atom stereocenters. The number of H-pyrrole nitrogens is 1. The number of aryl methyl sites for hydroxylation is 1. The second kappa shape index (κ2) is 7.84. The number of halogens is 1. The molecule has 31 heavy (non-hydrogen) atoms. The van der Waals surface area contributed by atoms with Crippen LogP contribution in [-0.2, 0) is 0 Å². The SMILES string of the molecule is Cc1ccc(NC(=O)N2CCC(C3(C(O)c4cc(Cl)cc5cn[nH]c45)CC3)CC2)cc1. The number of nitrogens with zero attached hydrogens (tertiary/aromatic N) is 2. The smallest absolute Gasteiger partial charge is 0.321 e. The first-order valence-corrected chi connectivity index (χ1v) is 11.3. The molecule has 2 aromatic carbocycles. The maximum atomic E-state index is 12.7. The number of amides is 2. The molecule has 1 aliphatic heterocycles. The highest BCUT2D eigenvalue weighted by atomic mass is 35.5. The van der Waals surface area contributed by atoms with E-state index in [0.717, 1.165) is 47.8 Å². The van der Waals surface area contributed by atoms with Crippen molar-refractivity contribution in [1.82, 2.24) is 15.1 Å². The van der Waals surface area contributed by atoms with Gasteiger partial charge < -0.3 is 15.3 Å². The zero-order valence-corrected chi connectivity index (χ0v) is 18.3. The average molecular weight is 439 g/mol. The standard InChI is InChI=1S/C24H27ClN4O2/c1-15-2-4-19(5-3-15)27-23(31)29-10-6-17(7-11-29)24(8-9-24)22(30)20-13-18(25)12-16-14-26-28-21(16)20/h2-5,12-14,17,22,30H,6-11H2,1H3,(H,26,28)(H,27,31). The second-order valence-electron chi connectivity index (χ2n) is 9.02. The van der Waals surface area contributed by atoms with E-state index in [1.54, 1.807) is 6.20 Å². The van der Waals surface area contributed by atoms with Crippen LogP contribution in [0.3, 0.4) is 0 Å². The summed E-state index contributed by atoms with van der Waals surface area (Å²) in [6, 6.07) is 11.5. The minimum atomic E-state index is -0.591. The Morgan fingerprint density at radius 3 is 2.65 bits per heavy atom.